The molecule has 3 rings (SSSR count). The van der Waals surface area contributed by atoms with E-state index in [1.54, 1.807) is 17.7 Å². The highest BCUT2D eigenvalue weighted by molar-refractivity contribution is 8.00. The van der Waals surface area contributed by atoms with Crippen LogP contribution in [0.15, 0.2) is 41.0 Å². The topological polar surface area (TPSA) is 54.9 Å². The Morgan fingerprint density at radius 2 is 2.00 bits per heavy atom. The molecule has 0 bridgehead atoms. The van der Waals surface area contributed by atoms with Gasteiger partial charge in [0.1, 0.15) is 16.2 Å². The quantitative estimate of drug-likeness (QED) is 0.580. The predicted octanol–water partition coefficient (Wildman–Crippen LogP) is 4.04. The van der Waals surface area contributed by atoms with Crippen molar-refractivity contribution in [2.24, 2.45) is 0 Å². The van der Waals surface area contributed by atoms with Crippen molar-refractivity contribution in [3.8, 4) is 0 Å². The van der Waals surface area contributed by atoms with Gasteiger partial charge in [0.05, 0.1) is 5.75 Å². The molecule has 0 atom stereocenters. The van der Waals surface area contributed by atoms with E-state index in [0.717, 1.165) is 32.1 Å². The number of benzene rings is 1. The Bertz CT molecular complexity index is 809. The van der Waals surface area contributed by atoms with Crippen molar-refractivity contribution in [1.82, 2.24) is 9.97 Å². The molecule has 1 N–H and O–H groups in total. The maximum absolute atomic E-state index is 12.1. The summed E-state index contributed by atoms with van der Waals surface area (Å²) in [7, 11) is 0. The lowest BCUT2D eigenvalue weighted by molar-refractivity contribution is -0.113. The summed E-state index contributed by atoms with van der Waals surface area (Å²) < 4.78 is 0. The van der Waals surface area contributed by atoms with Crippen LogP contribution >= 0.6 is 23.1 Å². The first-order valence-corrected chi connectivity index (χ1v) is 8.67. The Morgan fingerprint density at radius 1 is 1.23 bits per heavy atom. The number of thioether (sulfide) groups is 1. The summed E-state index contributed by atoms with van der Waals surface area (Å²) in [4.78, 5) is 21.5. The second-order valence-electron chi connectivity index (χ2n) is 5.03. The van der Waals surface area contributed by atoms with Crippen molar-refractivity contribution in [2.45, 2.75) is 18.9 Å². The van der Waals surface area contributed by atoms with Crippen molar-refractivity contribution >= 4 is 44.9 Å². The number of thiophene rings is 1. The van der Waals surface area contributed by atoms with E-state index in [2.05, 4.69) is 21.4 Å². The Labute approximate surface area is 137 Å². The number of aromatic nitrogens is 2. The van der Waals surface area contributed by atoms with Crippen LogP contribution < -0.4 is 5.32 Å². The van der Waals surface area contributed by atoms with Gasteiger partial charge < -0.3 is 5.32 Å². The molecule has 0 aliphatic rings. The third kappa shape index (κ3) is 3.45. The Balaban J connectivity index is 1.66. The first-order valence-electron chi connectivity index (χ1n) is 6.81. The first-order chi connectivity index (χ1) is 10.6. The second kappa shape index (κ2) is 6.46. The molecule has 2 heterocycles. The number of anilines is 1. The van der Waals surface area contributed by atoms with Gasteiger partial charge in [0.2, 0.25) is 5.91 Å². The number of nitrogens with zero attached hydrogens (tertiary/aromatic N) is 2. The molecule has 0 unspecified atom stereocenters. The summed E-state index contributed by atoms with van der Waals surface area (Å²) in [6, 6.07) is 8.01. The van der Waals surface area contributed by atoms with Crippen LogP contribution in [0, 0.1) is 13.8 Å². The number of amides is 1. The molecule has 6 heteroatoms. The molecule has 0 radical (unpaired) electrons. The van der Waals surface area contributed by atoms with Crippen LogP contribution in [0.2, 0.25) is 0 Å². The van der Waals surface area contributed by atoms with Crippen molar-refractivity contribution in [3.63, 3.8) is 0 Å². The highest BCUT2D eigenvalue weighted by atomic mass is 32.2. The molecule has 2 aromatic heterocycles. The molecular formula is C16H15N3OS2. The van der Waals surface area contributed by atoms with Crippen LogP contribution in [0.4, 0.5) is 5.69 Å². The van der Waals surface area contributed by atoms with Gasteiger partial charge in [-0.25, -0.2) is 9.97 Å². The Kier molecular flexibility index (Phi) is 4.40. The lowest BCUT2D eigenvalue weighted by atomic mass is 10.1. The Hall–Kier alpha value is -1.92. The van der Waals surface area contributed by atoms with Gasteiger partial charge in [-0.1, -0.05) is 17.8 Å². The van der Waals surface area contributed by atoms with Crippen molar-refractivity contribution in [2.75, 3.05) is 11.1 Å². The minimum absolute atomic E-state index is 0.0306. The van der Waals surface area contributed by atoms with Gasteiger partial charge in [0.15, 0.2) is 0 Å². The minimum Gasteiger partial charge on any atom is -0.325 e. The van der Waals surface area contributed by atoms with E-state index in [4.69, 9.17) is 0 Å². The molecule has 0 spiro atoms. The molecule has 0 aliphatic heterocycles. The molecule has 22 heavy (non-hydrogen) atoms. The lowest BCUT2D eigenvalue weighted by Gasteiger charge is -2.07. The van der Waals surface area contributed by atoms with E-state index in [-0.39, 0.29) is 5.91 Å². The van der Waals surface area contributed by atoms with E-state index in [1.165, 1.54) is 11.8 Å². The van der Waals surface area contributed by atoms with Gasteiger partial charge in [-0.3, -0.25) is 4.79 Å². The minimum atomic E-state index is -0.0306. The fraction of sp³-hybridized carbons (Fsp3) is 0.188. The van der Waals surface area contributed by atoms with Gasteiger partial charge in [-0.05, 0) is 48.6 Å². The average molecular weight is 329 g/mol. The average Bonchev–Trinajstić information content (AvgIpc) is 2.92. The van der Waals surface area contributed by atoms with Gasteiger partial charge >= 0.3 is 0 Å². The molecule has 0 saturated carbocycles. The number of aryl methyl sites for hydroxylation is 2. The van der Waals surface area contributed by atoms with Crippen LogP contribution in [0.3, 0.4) is 0 Å². The highest BCUT2D eigenvalue weighted by Gasteiger charge is 2.09. The number of hydrogen-bond acceptors (Lipinski definition) is 5. The van der Waals surface area contributed by atoms with E-state index in [9.17, 15) is 4.79 Å². The van der Waals surface area contributed by atoms with Gasteiger partial charge in [-0.15, -0.1) is 11.3 Å². The number of fused-ring (bicyclic) bond motifs is 1. The van der Waals surface area contributed by atoms with Crippen molar-refractivity contribution < 1.29 is 4.79 Å². The van der Waals surface area contributed by atoms with Gasteiger partial charge in [0, 0.05) is 11.1 Å². The number of carbonyl (C=O) groups excluding carboxylic acids is 1. The predicted molar refractivity (Wildman–Crippen MR) is 92.7 cm³/mol. The molecule has 4 nitrogen and oxygen atoms in total. The van der Waals surface area contributed by atoms with Crippen LogP contribution in [-0.4, -0.2) is 21.6 Å². The number of hydrogen-bond donors (Lipinski definition) is 1. The maximum atomic E-state index is 12.1. The summed E-state index contributed by atoms with van der Waals surface area (Å²) in [5, 5.41) is 6.78. The fourth-order valence-electron chi connectivity index (χ4n) is 2.26. The molecule has 0 aliphatic carbocycles. The largest absolute Gasteiger partial charge is 0.325 e. The van der Waals surface area contributed by atoms with E-state index >= 15 is 0 Å². The number of rotatable bonds is 4. The molecule has 1 amide bonds. The van der Waals surface area contributed by atoms with E-state index in [1.807, 2.05) is 37.4 Å². The van der Waals surface area contributed by atoms with Crippen LogP contribution in [0.25, 0.3) is 10.2 Å². The van der Waals surface area contributed by atoms with Crippen LogP contribution in [-0.2, 0) is 4.79 Å². The summed E-state index contributed by atoms with van der Waals surface area (Å²) in [5.41, 5.74) is 3.11. The molecule has 0 fully saturated rings. The maximum Gasteiger partial charge on any atom is 0.234 e. The molecule has 0 saturated heterocycles. The van der Waals surface area contributed by atoms with Crippen molar-refractivity contribution in [3.05, 3.63) is 47.1 Å². The smallest absolute Gasteiger partial charge is 0.234 e. The van der Waals surface area contributed by atoms with Gasteiger partial charge in [0.25, 0.3) is 0 Å². The summed E-state index contributed by atoms with van der Waals surface area (Å²) in [5.74, 6) is 0.298. The fourth-order valence-corrected chi connectivity index (χ4v) is 3.84. The van der Waals surface area contributed by atoms with Crippen LogP contribution in [0.1, 0.15) is 11.1 Å². The number of nitrogens with one attached hydrogen (secondary N) is 1. The molecular weight excluding hydrogens is 314 g/mol. The summed E-state index contributed by atoms with van der Waals surface area (Å²) in [6.07, 6.45) is 1.54. The summed E-state index contributed by atoms with van der Waals surface area (Å²) in [6.45, 7) is 4.04. The molecule has 112 valence electrons. The lowest BCUT2D eigenvalue weighted by Crippen LogP contribution is -2.14. The normalized spacial score (nSPS) is 10.8. The zero-order valence-electron chi connectivity index (χ0n) is 12.3. The van der Waals surface area contributed by atoms with Gasteiger partial charge in [-0.2, -0.15) is 0 Å². The van der Waals surface area contributed by atoms with Crippen LogP contribution in [0.5, 0.6) is 0 Å². The zero-order chi connectivity index (χ0) is 15.5. The molecule has 1 aromatic carbocycles. The second-order valence-corrected chi connectivity index (χ2v) is 6.89. The third-order valence-corrected chi connectivity index (χ3v) is 4.90. The Morgan fingerprint density at radius 3 is 2.77 bits per heavy atom. The van der Waals surface area contributed by atoms with Crippen molar-refractivity contribution in [1.29, 1.82) is 0 Å². The highest BCUT2D eigenvalue weighted by Crippen LogP contribution is 2.27. The monoisotopic (exact) mass is 329 g/mol. The SMILES string of the molecule is Cc1cc(C)cc(NC(=O)CSc2ncnc3sccc23)c1. The van der Waals surface area contributed by atoms with E-state index < -0.39 is 0 Å². The third-order valence-electron chi connectivity index (χ3n) is 3.07. The van der Waals surface area contributed by atoms with E-state index in [0.29, 0.717) is 5.75 Å². The first kappa shape index (κ1) is 15.0. The zero-order valence-corrected chi connectivity index (χ0v) is 13.9. The number of carbonyl (C=O) groups is 1. The standard InChI is InChI=1S/C16H15N3OS2/c1-10-5-11(2)7-12(6-10)19-14(20)8-22-16-13-3-4-21-15(13)17-9-18-16/h3-7,9H,8H2,1-2H3,(H,19,20). The molecule has 3 aromatic rings. The summed E-state index contributed by atoms with van der Waals surface area (Å²) >= 11 is 3.01.